The van der Waals surface area contributed by atoms with E-state index in [-0.39, 0.29) is 5.91 Å². The van der Waals surface area contributed by atoms with Crippen molar-refractivity contribution in [3.05, 3.63) is 48.2 Å². The standard InChI is InChI=1S/C18H18N2O4/c1-22-15-8-12(9-16(23-2)17(15)24-3)18(21)20-13-5-4-11-6-7-19-14(11)10-13/h4-10,19H,1-3H3,(H,20,21). The Bertz CT molecular complexity index is 861. The predicted octanol–water partition coefficient (Wildman–Crippen LogP) is 3.45. The molecule has 3 rings (SSSR count). The number of hydrogen-bond acceptors (Lipinski definition) is 4. The number of aromatic nitrogens is 1. The van der Waals surface area contributed by atoms with Crippen molar-refractivity contribution in [1.82, 2.24) is 4.98 Å². The fraction of sp³-hybridized carbons (Fsp3) is 0.167. The van der Waals surface area contributed by atoms with Crippen molar-refractivity contribution in [2.75, 3.05) is 26.6 Å². The van der Waals surface area contributed by atoms with Gasteiger partial charge in [-0.25, -0.2) is 0 Å². The molecule has 6 nitrogen and oxygen atoms in total. The quantitative estimate of drug-likeness (QED) is 0.753. The fourth-order valence-corrected chi connectivity index (χ4v) is 2.54. The summed E-state index contributed by atoms with van der Waals surface area (Å²) < 4.78 is 15.8. The molecule has 1 heterocycles. The van der Waals surface area contributed by atoms with Crippen LogP contribution in [0.15, 0.2) is 42.6 Å². The van der Waals surface area contributed by atoms with Gasteiger partial charge in [-0.3, -0.25) is 4.79 Å². The lowest BCUT2D eigenvalue weighted by molar-refractivity contribution is 0.102. The minimum Gasteiger partial charge on any atom is -0.493 e. The second-order valence-electron chi connectivity index (χ2n) is 5.15. The van der Waals surface area contributed by atoms with E-state index < -0.39 is 0 Å². The summed E-state index contributed by atoms with van der Waals surface area (Å²) in [4.78, 5) is 15.7. The Labute approximate surface area is 139 Å². The maximum absolute atomic E-state index is 12.6. The summed E-state index contributed by atoms with van der Waals surface area (Å²) in [6, 6.07) is 10.9. The van der Waals surface area contributed by atoms with Crippen LogP contribution in [0, 0.1) is 0 Å². The minimum absolute atomic E-state index is 0.264. The largest absolute Gasteiger partial charge is 0.493 e. The molecule has 3 aromatic rings. The Hall–Kier alpha value is -3.15. The van der Waals surface area contributed by atoms with Crippen molar-refractivity contribution in [2.45, 2.75) is 0 Å². The number of nitrogens with one attached hydrogen (secondary N) is 2. The average Bonchev–Trinajstić information content (AvgIpc) is 3.07. The molecule has 6 heteroatoms. The van der Waals surface area contributed by atoms with Gasteiger partial charge in [0.05, 0.1) is 21.3 Å². The van der Waals surface area contributed by atoms with Crippen molar-refractivity contribution in [3.63, 3.8) is 0 Å². The molecule has 1 amide bonds. The first kappa shape index (κ1) is 15.7. The van der Waals surface area contributed by atoms with Crippen LogP contribution in [0.3, 0.4) is 0 Å². The Kier molecular flexibility index (Phi) is 4.29. The van der Waals surface area contributed by atoms with Gasteiger partial charge in [-0.2, -0.15) is 0 Å². The molecule has 0 unspecified atom stereocenters. The molecule has 0 saturated heterocycles. The van der Waals surface area contributed by atoms with Crippen LogP contribution in [-0.4, -0.2) is 32.2 Å². The van der Waals surface area contributed by atoms with Gasteiger partial charge >= 0.3 is 0 Å². The van der Waals surface area contributed by atoms with Crippen molar-refractivity contribution in [2.24, 2.45) is 0 Å². The van der Waals surface area contributed by atoms with Gasteiger partial charge in [-0.05, 0) is 35.7 Å². The second-order valence-corrected chi connectivity index (χ2v) is 5.15. The van der Waals surface area contributed by atoms with Crippen LogP contribution in [-0.2, 0) is 0 Å². The molecule has 0 fully saturated rings. The van der Waals surface area contributed by atoms with Gasteiger partial charge in [0, 0.05) is 23.0 Å². The van der Waals surface area contributed by atoms with Crippen LogP contribution in [0.4, 0.5) is 5.69 Å². The van der Waals surface area contributed by atoms with Gasteiger partial charge in [-0.1, -0.05) is 6.07 Å². The van der Waals surface area contributed by atoms with Crippen LogP contribution >= 0.6 is 0 Å². The number of aromatic amines is 1. The number of amides is 1. The molecule has 0 spiro atoms. The highest BCUT2D eigenvalue weighted by atomic mass is 16.5. The zero-order valence-corrected chi connectivity index (χ0v) is 13.7. The van der Waals surface area contributed by atoms with Gasteiger partial charge in [0.2, 0.25) is 5.75 Å². The van der Waals surface area contributed by atoms with Crippen molar-refractivity contribution in [1.29, 1.82) is 0 Å². The van der Waals surface area contributed by atoms with E-state index in [0.717, 1.165) is 10.9 Å². The van der Waals surface area contributed by atoms with E-state index in [1.54, 1.807) is 12.1 Å². The van der Waals surface area contributed by atoms with Gasteiger partial charge < -0.3 is 24.5 Å². The van der Waals surface area contributed by atoms with Crippen LogP contribution in [0.2, 0.25) is 0 Å². The first-order valence-electron chi connectivity index (χ1n) is 7.34. The predicted molar refractivity (Wildman–Crippen MR) is 92.3 cm³/mol. The second kappa shape index (κ2) is 6.54. The van der Waals surface area contributed by atoms with Crippen molar-refractivity contribution >= 4 is 22.5 Å². The third-order valence-corrected chi connectivity index (χ3v) is 3.74. The molecule has 1 aromatic heterocycles. The maximum atomic E-state index is 12.6. The number of H-pyrrole nitrogens is 1. The lowest BCUT2D eigenvalue weighted by Gasteiger charge is -2.14. The van der Waals surface area contributed by atoms with Crippen LogP contribution in [0.25, 0.3) is 10.9 Å². The Morgan fingerprint density at radius 3 is 2.29 bits per heavy atom. The van der Waals surface area contributed by atoms with Gasteiger partial charge in [-0.15, -0.1) is 0 Å². The summed E-state index contributed by atoms with van der Waals surface area (Å²) in [5.41, 5.74) is 2.07. The summed E-state index contributed by atoms with van der Waals surface area (Å²) in [5, 5.41) is 3.95. The van der Waals surface area contributed by atoms with Gasteiger partial charge in [0.1, 0.15) is 0 Å². The van der Waals surface area contributed by atoms with E-state index in [1.165, 1.54) is 21.3 Å². The monoisotopic (exact) mass is 326 g/mol. The maximum Gasteiger partial charge on any atom is 0.255 e. The number of rotatable bonds is 5. The highest BCUT2D eigenvalue weighted by Gasteiger charge is 2.17. The lowest BCUT2D eigenvalue weighted by Crippen LogP contribution is -2.12. The molecule has 0 aliphatic carbocycles. The normalized spacial score (nSPS) is 10.5. The van der Waals surface area contributed by atoms with E-state index in [0.29, 0.717) is 28.5 Å². The summed E-state index contributed by atoms with van der Waals surface area (Å²) in [6.07, 6.45) is 1.86. The summed E-state index contributed by atoms with van der Waals surface area (Å²) in [7, 11) is 4.54. The topological polar surface area (TPSA) is 72.6 Å². The van der Waals surface area contributed by atoms with Crippen molar-refractivity contribution < 1.29 is 19.0 Å². The Morgan fingerprint density at radius 2 is 1.67 bits per heavy atom. The third-order valence-electron chi connectivity index (χ3n) is 3.74. The van der Waals surface area contributed by atoms with Gasteiger partial charge in [0.15, 0.2) is 11.5 Å². The Morgan fingerprint density at radius 1 is 0.958 bits per heavy atom. The van der Waals surface area contributed by atoms with E-state index in [4.69, 9.17) is 14.2 Å². The highest BCUT2D eigenvalue weighted by Crippen LogP contribution is 2.38. The number of ether oxygens (including phenoxy) is 3. The number of hydrogen-bond donors (Lipinski definition) is 2. The molecule has 124 valence electrons. The number of methoxy groups -OCH3 is 3. The van der Waals surface area contributed by atoms with E-state index in [2.05, 4.69) is 10.3 Å². The van der Waals surface area contributed by atoms with Crippen molar-refractivity contribution in [3.8, 4) is 17.2 Å². The Balaban J connectivity index is 1.91. The molecule has 0 aliphatic rings. The number of carbonyl (C=O) groups excluding carboxylic acids is 1. The van der Waals surface area contributed by atoms with E-state index >= 15 is 0 Å². The molecular formula is C18H18N2O4. The smallest absolute Gasteiger partial charge is 0.255 e. The molecule has 2 N–H and O–H groups in total. The lowest BCUT2D eigenvalue weighted by atomic mass is 10.1. The van der Waals surface area contributed by atoms with Gasteiger partial charge in [0.25, 0.3) is 5.91 Å². The first-order chi connectivity index (χ1) is 11.7. The number of carbonyl (C=O) groups is 1. The van der Waals surface area contributed by atoms with E-state index in [9.17, 15) is 4.79 Å². The molecule has 0 saturated carbocycles. The molecule has 24 heavy (non-hydrogen) atoms. The molecule has 2 aromatic carbocycles. The van der Waals surface area contributed by atoms with E-state index in [1.807, 2.05) is 30.5 Å². The fourth-order valence-electron chi connectivity index (χ4n) is 2.54. The molecule has 0 radical (unpaired) electrons. The summed E-state index contributed by atoms with van der Waals surface area (Å²) in [6.45, 7) is 0. The molecule has 0 atom stereocenters. The summed E-state index contributed by atoms with van der Waals surface area (Å²) >= 11 is 0. The zero-order valence-electron chi connectivity index (χ0n) is 13.7. The molecular weight excluding hydrogens is 308 g/mol. The summed E-state index contributed by atoms with van der Waals surface area (Å²) in [5.74, 6) is 1.05. The molecule has 0 bridgehead atoms. The first-order valence-corrected chi connectivity index (χ1v) is 7.34. The number of anilines is 1. The van der Waals surface area contributed by atoms with Crippen LogP contribution < -0.4 is 19.5 Å². The minimum atomic E-state index is -0.264. The third kappa shape index (κ3) is 2.86. The van der Waals surface area contributed by atoms with Crippen LogP contribution in [0.1, 0.15) is 10.4 Å². The zero-order chi connectivity index (χ0) is 17.1. The number of benzene rings is 2. The SMILES string of the molecule is COc1cc(C(=O)Nc2ccc3cc[nH]c3c2)cc(OC)c1OC. The van der Waals surface area contributed by atoms with Crippen LogP contribution in [0.5, 0.6) is 17.2 Å². The highest BCUT2D eigenvalue weighted by molar-refractivity contribution is 6.05. The average molecular weight is 326 g/mol. The molecule has 0 aliphatic heterocycles. The number of fused-ring (bicyclic) bond motifs is 1.